The van der Waals surface area contributed by atoms with Crippen molar-refractivity contribution in [1.29, 1.82) is 0 Å². The molecule has 0 bridgehead atoms. The molecule has 27 heavy (non-hydrogen) atoms. The van der Waals surface area contributed by atoms with E-state index in [1.54, 1.807) is 0 Å². The van der Waals surface area contributed by atoms with Crippen LogP contribution in [-0.4, -0.2) is 42.0 Å². The summed E-state index contributed by atoms with van der Waals surface area (Å²) in [7, 11) is 0. The third-order valence-electron chi connectivity index (χ3n) is 5.84. The molecule has 2 atom stereocenters. The molecule has 2 aliphatic rings. The average Bonchev–Trinajstić information content (AvgIpc) is 3.41. The number of hydrogen-bond donors (Lipinski definition) is 1. The third-order valence-corrected chi connectivity index (χ3v) is 5.84. The van der Waals surface area contributed by atoms with Crippen LogP contribution in [-0.2, 0) is 0 Å². The molecule has 4 heteroatoms. The van der Waals surface area contributed by atoms with E-state index in [1.165, 1.54) is 24.0 Å². The Kier molecular flexibility index (Phi) is 5.73. The van der Waals surface area contributed by atoms with Crippen molar-refractivity contribution in [3.8, 4) is 0 Å². The lowest BCUT2D eigenvalue weighted by atomic mass is 10.0. The molecule has 0 aromatic heterocycles. The van der Waals surface area contributed by atoms with E-state index in [4.69, 9.17) is 0 Å². The molecule has 4 rings (SSSR count). The molecule has 2 fully saturated rings. The lowest BCUT2D eigenvalue weighted by molar-refractivity contribution is 0.184. The largest absolute Gasteiger partial charge is 0.330 e. The molecule has 142 valence electrons. The summed E-state index contributed by atoms with van der Waals surface area (Å²) < 4.78 is 0. The van der Waals surface area contributed by atoms with Crippen molar-refractivity contribution in [3.05, 3.63) is 71.8 Å². The van der Waals surface area contributed by atoms with Crippen molar-refractivity contribution in [2.45, 2.75) is 37.8 Å². The van der Waals surface area contributed by atoms with Crippen molar-refractivity contribution in [3.63, 3.8) is 0 Å². The number of amides is 2. The SMILES string of the molecule is O=C(NC(CN1CCCC1)c1ccccc1)N1CCCC1c1ccccc1. The van der Waals surface area contributed by atoms with Crippen molar-refractivity contribution in [2.24, 2.45) is 0 Å². The first-order valence-corrected chi connectivity index (χ1v) is 10.2. The Bertz CT molecular complexity index is 728. The van der Waals surface area contributed by atoms with Crippen LogP contribution in [0.25, 0.3) is 0 Å². The second-order valence-corrected chi connectivity index (χ2v) is 7.68. The number of likely N-dealkylation sites (tertiary alicyclic amines) is 2. The number of carbonyl (C=O) groups is 1. The Hall–Kier alpha value is -2.33. The van der Waals surface area contributed by atoms with Gasteiger partial charge in [0.25, 0.3) is 0 Å². The first kappa shape index (κ1) is 18.1. The molecule has 2 saturated heterocycles. The average molecular weight is 364 g/mol. The van der Waals surface area contributed by atoms with E-state index < -0.39 is 0 Å². The Balaban J connectivity index is 1.49. The quantitative estimate of drug-likeness (QED) is 0.856. The summed E-state index contributed by atoms with van der Waals surface area (Å²) in [5.41, 5.74) is 2.43. The van der Waals surface area contributed by atoms with Crippen LogP contribution in [0, 0.1) is 0 Å². The van der Waals surface area contributed by atoms with Gasteiger partial charge in [-0.15, -0.1) is 0 Å². The van der Waals surface area contributed by atoms with Crippen molar-refractivity contribution >= 4 is 6.03 Å². The van der Waals surface area contributed by atoms with Gasteiger partial charge in [-0.3, -0.25) is 0 Å². The second-order valence-electron chi connectivity index (χ2n) is 7.68. The van der Waals surface area contributed by atoms with Crippen LogP contribution in [0.2, 0.25) is 0 Å². The monoisotopic (exact) mass is 363 g/mol. The smallest absolute Gasteiger partial charge is 0.318 e. The van der Waals surface area contributed by atoms with Gasteiger partial charge in [0.1, 0.15) is 0 Å². The highest BCUT2D eigenvalue weighted by Crippen LogP contribution is 2.32. The standard InChI is InChI=1S/C23H29N3O/c27-23(26-17-9-14-22(26)20-12-5-2-6-13-20)24-21(18-25-15-7-8-16-25)19-10-3-1-4-11-19/h1-6,10-13,21-22H,7-9,14-18H2,(H,24,27). The molecule has 0 aliphatic carbocycles. The van der Waals surface area contributed by atoms with Crippen LogP contribution in [0.5, 0.6) is 0 Å². The van der Waals surface area contributed by atoms with E-state index in [0.717, 1.165) is 39.0 Å². The van der Waals surface area contributed by atoms with Crippen LogP contribution >= 0.6 is 0 Å². The fraction of sp³-hybridized carbons (Fsp3) is 0.435. The second kappa shape index (κ2) is 8.57. The van der Waals surface area contributed by atoms with Gasteiger partial charge in [0.15, 0.2) is 0 Å². The molecule has 4 nitrogen and oxygen atoms in total. The van der Waals surface area contributed by atoms with Gasteiger partial charge in [0, 0.05) is 13.1 Å². The van der Waals surface area contributed by atoms with E-state index in [-0.39, 0.29) is 18.1 Å². The molecule has 2 amide bonds. The number of benzene rings is 2. The summed E-state index contributed by atoms with van der Waals surface area (Å²) in [4.78, 5) is 17.7. The molecule has 1 N–H and O–H groups in total. The first-order valence-electron chi connectivity index (χ1n) is 10.2. The van der Waals surface area contributed by atoms with E-state index >= 15 is 0 Å². The van der Waals surface area contributed by atoms with Crippen molar-refractivity contribution < 1.29 is 4.79 Å². The number of nitrogens with one attached hydrogen (secondary N) is 1. The molecule has 2 aromatic carbocycles. The van der Waals surface area contributed by atoms with Crippen molar-refractivity contribution in [2.75, 3.05) is 26.2 Å². The molecule has 2 aliphatic heterocycles. The van der Waals surface area contributed by atoms with Gasteiger partial charge < -0.3 is 15.1 Å². The van der Waals surface area contributed by atoms with E-state index in [9.17, 15) is 4.79 Å². The fourth-order valence-corrected chi connectivity index (χ4v) is 4.41. The Labute approximate surface area is 162 Å². The molecule has 0 radical (unpaired) electrons. The lowest BCUT2D eigenvalue weighted by Crippen LogP contribution is -2.44. The van der Waals surface area contributed by atoms with E-state index in [1.807, 2.05) is 17.0 Å². The Morgan fingerprint density at radius 2 is 1.59 bits per heavy atom. The maximum Gasteiger partial charge on any atom is 0.318 e. The Morgan fingerprint density at radius 3 is 2.30 bits per heavy atom. The fourth-order valence-electron chi connectivity index (χ4n) is 4.41. The minimum Gasteiger partial charge on any atom is -0.330 e. The van der Waals surface area contributed by atoms with Gasteiger partial charge in [-0.25, -0.2) is 4.79 Å². The summed E-state index contributed by atoms with van der Waals surface area (Å²) >= 11 is 0. The van der Waals surface area contributed by atoms with Crippen molar-refractivity contribution in [1.82, 2.24) is 15.1 Å². The summed E-state index contributed by atoms with van der Waals surface area (Å²) in [6, 6.07) is 21.1. The summed E-state index contributed by atoms with van der Waals surface area (Å²) in [5, 5.41) is 3.35. The van der Waals surface area contributed by atoms with Gasteiger partial charge >= 0.3 is 6.03 Å². The maximum atomic E-state index is 13.2. The molecule has 0 saturated carbocycles. The number of urea groups is 1. The molecule has 2 unspecified atom stereocenters. The zero-order chi connectivity index (χ0) is 18.5. The highest BCUT2D eigenvalue weighted by Gasteiger charge is 2.31. The first-order chi connectivity index (χ1) is 13.3. The van der Waals surface area contributed by atoms with Crippen LogP contribution in [0.4, 0.5) is 4.79 Å². The summed E-state index contributed by atoms with van der Waals surface area (Å²) in [5.74, 6) is 0. The highest BCUT2D eigenvalue weighted by atomic mass is 16.2. The van der Waals surface area contributed by atoms with Crippen LogP contribution in [0.15, 0.2) is 60.7 Å². The summed E-state index contributed by atoms with van der Waals surface area (Å²) in [6.45, 7) is 3.99. The maximum absolute atomic E-state index is 13.2. The van der Waals surface area contributed by atoms with Gasteiger partial charge in [0.2, 0.25) is 0 Å². The van der Waals surface area contributed by atoms with Gasteiger partial charge in [-0.05, 0) is 49.9 Å². The van der Waals surface area contributed by atoms with E-state index in [2.05, 4.69) is 58.7 Å². The van der Waals surface area contributed by atoms with Gasteiger partial charge in [0.05, 0.1) is 12.1 Å². The zero-order valence-electron chi connectivity index (χ0n) is 15.9. The van der Waals surface area contributed by atoms with E-state index in [0.29, 0.717) is 0 Å². The Morgan fingerprint density at radius 1 is 0.926 bits per heavy atom. The topological polar surface area (TPSA) is 35.6 Å². The van der Waals surface area contributed by atoms with Gasteiger partial charge in [-0.2, -0.15) is 0 Å². The van der Waals surface area contributed by atoms with Crippen LogP contribution in [0.3, 0.4) is 0 Å². The number of nitrogens with zero attached hydrogens (tertiary/aromatic N) is 2. The van der Waals surface area contributed by atoms with Gasteiger partial charge in [-0.1, -0.05) is 60.7 Å². The minimum atomic E-state index is 0.0359. The molecular formula is C23H29N3O. The normalized spacial score (nSPS) is 21.3. The zero-order valence-corrected chi connectivity index (χ0v) is 15.9. The number of hydrogen-bond acceptors (Lipinski definition) is 2. The number of rotatable bonds is 5. The number of carbonyl (C=O) groups excluding carboxylic acids is 1. The highest BCUT2D eigenvalue weighted by molar-refractivity contribution is 5.75. The minimum absolute atomic E-state index is 0.0359. The lowest BCUT2D eigenvalue weighted by Gasteiger charge is -2.30. The van der Waals surface area contributed by atoms with Crippen LogP contribution < -0.4 is 5.32 Å². The van der Waals surface area contributed by atoms with Crippen LogP contribution in [0.1, 0.15) is 48.9 Å². The third kappa shape index (κ3) is 4.33. The summed E-state index contributed by atoms with van der Waals surface area (Å²) in [6.07, 6.45) is 4.63. The predicted octanol–water partition coefficient (Wildman–Crippen LogP) is 4.37. The molecule has 0 spiro atoms. The predicted molar refractivity (Wildman–Crippen MR) is 109 cm³/mol. The molecular weight excluding hydrogens is 334 g/mol. The molecule has 2 aromatic rings. The molecule has 2 heterocycles.